The van der Waals surface area contributed by atoms with Crippen LogP contribution in [0.5, 0.6) is 5.75 Å². The molecule has 0 fully saturated rings. The molecular weight excluding hydrogens is 331 g/mol. The Bertz CT molecular complexity index is 871. The number of esters is 1. The fraction of sp³-hybridized carbons (Fsp3) is 0.136. The van der Waals surface area contributed by atoms with Crippen molar-refractivity contribution in [2.75, 3.05) is 7.11 Å². The van der Waals surface area contributed by atoms with E-state index in [0.29, 0.717) is 12.4 Å². The third kappa shape index (κ3) is 4.48. The largest absolute Gasteiger partial charge is 0.489 e. The number of hydrogen-bond acceptors (Lipinski definition) is 3. The average molecular weight is 350 g/mol. The molecule has 132 valence electrons. The molecule has 0 saturated heterocycles. The van der Waals surface area contributed by atoms with Gasteiger partial charge in [-0.3, -0.25) is 4.79 Å². The molecule has 0 N–H and O–H groups in total. The average Bonchev–Trinajstić information content (AvgIpc) is 2.68. The van der Waals surface area contributed by atoms with E-state index >= 15 is 0 Å². The summed E-state index contributed by atoms with van der Waals surface area (Å²) in [7, 11) is 1.37. The lowest BCUT2D eigenvalue weighted by atomic mass is 10.0. The molecule has 0 spiro atoms. The van der Waals surface area contributed by atoms with Crippen LogP contribution in [0.2, 0.25) is 0 Å². The minimum Gasteiger partial charge on any atom is -0.489 e. The molecule has 0 aliphatic heterocycles. The first-order valence-corrected chi connectivity index (χ1v) is 8.28. The number of halogens is 1. The van der Waals surface area contributed by atoms with Crippen LogP contribution in [-0.4, -0.2) is 13.1 Å². The van der Waals surface area contributed by atoms with Crippen LogP contribution < -0.4 is 4.74 Å². The van der Waals surface area contributed by atoms with Crippen molar-refractivity contribution in [3.63, 3.8) is 0 Å². The molecular formula is C22H19FO3. The highest BCUT2D eigenvalue weighted by Crippen LogP contribution is 2.25. The molecule has 0 aliphatic carbocycles. The van der Waals surface area contributed by atoms with Gasteiger partial charge in [-0.25, -0.2) is 4.39 Å². The van der Waals surface area contributed by atoms with Crippen molar-refractivity contribution >= 4 is 5.97 Å². The maximum absolute atomic E-state index is 13.2. The zero-order chi connectivity index (χ0) is 18.4. The molecule has 0 saturated carbocycles. The Labute approximate surface area is 152 Å². The van der Waals surface area contributed by atoms with E-state index in [4.69, 9.17) is 4.74 Å². The third-order valence-corrected chi connectivity index (χ3v) is 4.07. The Morgan fingerprint density at radius 2 is 1.62 bits per heavy atom. The van der Waals surface area contributed by atoms with E-state index in [1.54, 1.807) is 12.1 Å². The van der Waals surface area contributed by atoms with Crippen LogP contribution in [0.25, 0.3) is 11.1 Å². The third-order valence-electron chi connectivity index (χ3n) is 4.07. The fourth-order valence-electron chi connectivity index (χ4n) is 2.66. The Kier molecular flexibility index (Phi) is 5.64. The van der Waals surface area contributed by atoms with Gasteiger partial charge in [0.1, 0.15) is 18.2 Å². The smallest absolute Gasteiger partial charge is 0.309 e. The second kappa shape index (κ2) is 8.30. The summed E-state index contributed by atoms with van der Waals surface area (Å²) in [5, 5.41) is 0. The molecule has 0 atom stereocenters. The summed E-state index contributed by atoms with van der Waals surface area (Å²) < 4.78 is 23.7. The summed E-state index contributed by atoms with van der Waals surface area (Å²) in [5.41, 5.74) is 3.84. The molecule has 3 aromatic carbocycles. The molecule has 0 amide bonds. The number of hydrogen-bond donors (Lipinski definition) is 0. The maximum atomic E-state index is 13.2. The zero-order valence-electron chi connectivity index (χ0n) is 14.4. The van der Waals surface area contributed by atoms with Crippen molar-refractivity contribution in [1.29, 1.82) is 0 Å². The van der Waals surface area contributed by atoms with Gasteiger partial charge in [0.2, 0.25) is 0 Å². The van der Waals surface area contributed by atoms with E-state index in [0.717, 1.165) is 22.3 Å². The van der Waals surface area contributed by atoms with Gasteiger partial charge in [-0.2, -0.15) is 0 Å². The van der Waals surface area contributed by atoms with Gasteiger partial charge < -0.3 is 9.47 Å². The molecule has 0 radical (unpaired) electrons. The topological polar surface area (TPSA) is 35.5 Å². The predicted molar refractivity (Wildman–Crippen MR) is 98.3 cm³/mol. The summed E-state index contributed by atoms with van der Waals surface area (Å²) in [6.45, 7) is 0.393. The van der Waals surface area contributed by atoms with Crippen LogP contribution in [0.3, 0.4) is 0 Å². The summed E-state index contributed by atoms with van der Waals surface area (Å²) in [5.74, 6) is 0.189. The normalized spacial score (nSPS) is 10.4. The van der Waals surface area contributed by atoms with Gasteiger partial charge in [0, 0.05) is 0 Å². The molecule has 3 aromatic rings. The van der Waals surface area contributed by atoms with E-state index in [1.165, 1.54) is 19.2 Å². The van der Waals surface area contributed by atoms with Gasteiger partial charge in [0.25, 0.3) is 0 Å². The van der Waals surface area contributed by atoms with Crippen molar-refractivity contribution in [1.82, 2.24) is 0 Å². The quantitative estimate of drug-likeness (QED) is 0.600. The van der Waals surface area contributed by atoms with Gasteiger partial charge in [-0.15, -0.1) is 0 Å². The highest BCUT2D eigenvalue weighted by molar-refractivity contribution is 5.72. The van der Waals surface area contributed by atoms with E-state index in [-0.39, 0.29) is 18.2 Å². The Balaban J connectivity index is 1.70. The first kappa shape index (κ1) is 17.7. The van der Waals surface area contributed by atoms with Gasteiger partial charge >= 0.3 is 5.97 Å². The standard InChI is InChI=1S/C22H19FO3/c1-25-22(24)14-16-6-12-20(13-7-16)26-15-18-4-2-3-5-21(18)17-8-10-19(23)11-9-17/h2-13H,14-15H2,1H3. The monoisotopic (exact) mass is 350 g/mol. The van der Waals surface area contributed by atoms with Crippen LogP contribution in [0.4, 0.5) is 4.39 Å². The maximum Gasteiger partial charge on any atom is 0.309 e. The minimum absolute atomic E-state index is 0.240. The van der Waals surface area contributed by atoms with Crippen LogP contribution in [-0.2, 0) is 22.6 Å². The molecule has 0 heterocycles. The highest BCUT2D eigenvalue weighted by Gasteiger charge is 2.07. The Morgan fingerprint density at radius 3 is 2.31 bits per heavy atom. The number of methoxy groups -OCH3 is 1. The van der Waals surface area contributed by atoms with Crippen molar-refractivity contribution in [3.05, 3.63) is 89.7 Å². The van der Waals surface area contributed by atoms with Crippen LogP contribution in [0, 0.1) is 5.82 Å². The van der Waals surface area contributed by atoms with Crippen LogP contribution in [0.1, 0.15) is 11.1 Å². The second-order valence-corrected chi connectivity index (χ2v) is 5.85. The summed E-state index contributed by atoms with van der Waals surface area (Å²) in [6, 6.07) is 21.7. The van der Waals surface area contributed by atoms with E-state index in [1.807, 2.05) is 48.5 Å². The summed E-state index contributed by atoms with van der Waals surface area (Å²) in [4.78, 5) is 11.3. The van der Waals surface area contributed by atoms with Crippen molar-refractivity contribution < 1.29 is 18.7 Å². The first-order valence-electron chi connectivity index (χ1n) is 8.28. The van der Waals surface area contributed by atoms with E-state index in [9.17, 15) is 9.18 Å². The van der Waals surface area contributed by atoms with Gasteiger partial charge in [0.15, 0.2) is 0 Å². The van der Waals surface area contributed by atoms with E-state index < -0.39 is 0 Å². The number of rotatable bonds is 6. The molecule has 26 heavy (non-hydrogen) atoms. The highest BCUT2D eigenvalue weighted by atomic mass is 19.1. The lowest BCUT2D eigenvalue weighted by molar-refractivity contribution is -0.139. The van der Waals surface area contributed by atoms with Crippen LogP contribution >= 0.6 is 0 Å². The van der Waals surface area contributed by atoms with Crippen LogP contribution in [0.15, 0.2) is 72.8 Å². The fourth-order valence-corrected chi connectivity index (χ4v) is 2.66. The molecule has 3 nitrogen and oxygen atoms in total. The van der Waals surface area contributed by atoms with Crippen molar-refractivity contribution in [2.45, 2.75) is 13.0 Å². The number of ether oxygens (including phenoxy) is 2. The van der Waals surface area contributed by atoms with Gasteiger partial charge in [0.05, 0.1) is 13.5 Å². The van der Waals surface area contributed by atoms with Crippen molar-refractivity contribution in [3.8, 4) is 16.9 Å². The lowest BCUT2D eigenvalue weighted by Crippen LogP contribution is -2.04. The number of carbonyl (C=O) groups excluding carboxylic acids is 1. The number of carbonyl (C=O) groups is 1. The SMILES string of the molecule is COC(=O)Cc1ccc(OCc2ccccc2-c2ccc(F)cc2)cc1. The summed E-state index contributed by atoms with van der Waals surface area (Å²) >= 11 is 0. The molecule has 3 rings (SSSR count). The molecule has 0 bridgehead atoms. The second-order valence-electron chi connectivity index (χ2n) is 5.85. The molecule has 0 aliphatic rings. The van der Waals surface area contributed by atoms with E-state index in [2.05, 4.69) is 4.74 Å². The first-order chi connectivity index (χ1) is 12.7. The van der Waals surface area contributed by atoms with Gasteiger partial charge in [-0.05, 0) is 46.5 Å². The Hall–Kier alpha value is -3.14. The molecule has 0 aromatic heterocycles. The molecule has 0 unspecified atom stereocenters. The Morgan fingerprint density at radius 1 is 0.923 bits per heavy atom. The zero-order valence-corrected chi connectivity index (χ0v) is 14.4. The van der Waals surface area contributed by atoms with Crippen molar-refractivity contribution in [2.24, 2.45) is 0 Å². The lowest BCUT2D eigenvalue weighted by Gasteiger charge is -2.12. The summed E-state index contributed by atoms with van der Waals surface area (Å²) in [6.07, 6.45) is 0.240. The number of benzene rings is 3. The van der Waals surface area contributed by atoms with Gasteiger partial charge in [-0.1, -0.05) is 48.5 Å². The minimum atomic E-state index is -0.271. The molecule has 4 heteroatoms. The predicted octanol–water partition coefficient (Wildman–Crippen LogP) is 4.79.